The molecule has 0 fully saturated rings. The Morgan fingerprint density at radius 3 is 2.53 bits per heavy atom. The zero-order valence-corrected chi connectivity index (χ0v) is 11.2. The van der Waals surface area contributed by atoms with Crippen molar-refractivity contribution in [1.82, 2.24) is 4.98 Å². The molecule has 17 heavy (non-hydrogen) atoms. The lowest BCUT2D eigenvalue weighted by Gasteiger charge is -1.96. The van der Waals surface area contributed by atoms with Gasteiger partial charge in [0.15, 0.2) is 0 Å². The van der Waals surface area contributed by atoms with Crippen LogP contribution < -0.4 is 0 Å². The summed E-state index contributed by atoms with van der Waals surface area (Å²) in [5, 5.41) is 1.85. The fourth-order valence-corrected chi connectivity index (χ4v) is 2.87. The van der Waals surface area contributed by atoms with E-state index < -0.39 is 0 Å². The molecule has 1 aromatic heterocycles. The van der Waals surface area contributed by atoms with Crippen LogP contribution in [-0.2, 0) is 0 Å². The number of fused-ring (bicyclic) bond motifs is 1. The van der Waals surface area contributed by atoms with Crippen molar-refractivity contribution in [3.05, 3.63) is 58.0 Å². The van der Waals surface area contributed by atoms with Crippen LogP contribution in [0.15, 0.2) is 53.0 Å². The normalized spacial score (nSPS) is 10.9. The first-order chi connectivity index (χ1) is 8.24. The Kier molecular flexibility index (Phi) is 2.69. The summed E-state index contributed by atoms with van der Waals surface area (Å²) in [6.45, 7) is 0. The van der Waals surface area contributed by atoms with Crippen LogP contribution >= 0.6 is 27.5 Å². The van der Waals surface area contributed by atoms with E-state index in [9.17, 15) is 0 Å². The van der Waals surface area contributed by atoms with Crippen molar-refractivity contribution in [3.63, 3.8) is 0 Å². The van der Waals surface area contributed by atoms with E-state index in [0.717, 1.165) is 26.1 Å². The second kappa shape index (κ2) is 4.21. The number of aromatic nitrogens is 1. The maximum absolute atomic E-state index is 6.04. The van der Waals surface area contributed by atoms with E-state index in [-0.39, 0.29) is 0 Å². The van der Waals surface area contributed by atoms with Crippen LogP contribution in [0.2, 0.25) is 5.02 Å². The number of nitrogens with one attached hydrogen (secondary N) is 1. The molecule has 1 heterocycles. The minimum Gasteiger partial charge on any atom is -0.354 e. The fourth-order valence-electron chi connectivity index (χ4n) is 1.94. The molecule has 0 saturated carbocycles. The average Bonchev–Trinajstić information content (AvgIpc) is 2.74. The average molecular weight is 307 g/mol. The van der Waals surface area contributed by atoms with Gasteiger partial charge in [-0.05, 0) is 39.7 Å². The lowest BCUT2D eigenvalue weighted by Crippen LogP contribution is -1.75. The van der Waals surface area contributed by atoms with Gasteiger partial charge >= 0.3 is 0 Å². The largest absolute Gasteiger partial charge is 0.354 e. The topological polar surface area (TPSA) is 15.8 Å². The Morgan fingerprint density at radius 2 is 1.76 bits per heavy atom. The predicted molar refractivity (Wildman–Crippen MR) is 76.4 cm³/mol. The maximum atomic E-state index is 6.04. The van der Waals surface area contributed by atoms with Crippen LogP contribution in [0.3, 0.4) is 0 Å². The molecule has 0 aliphatic carbocycles. The molecule has 2 aromatic carbocycles. The number of benzene rings is 2. The molecule has 0 radical (unpaired) electrons. The van der Waals surface area contributed by atoms with Crippen molar-refractivity contribution in [1.29, 1.82) is 0 Å². The minimum atomic E-state index is 0.739. The SMILES string of the molecule is Clc1cc(Br)c2[nH]c(-c3ccccc3)cc2c1. The monoisotopic (exact) mass is 305 g/mol. The number of halogens is 2. The van der Waals surface area contributed by atoms with E-state index in [0.29, 0.717) is 0 Å². The molecule has 0 bridgehead atoms. The van der Waals surface area contributed by atoms with Crippen LogP contribution in [0.5, 0.6) is 0 Å². The highest BCUT2D eigenvalue weighted by Gasteiger charge is 2.06. The van der Waals surface area contributed by atoms with Gasteiger partial charge in [0.2, 0.25) is 0 Å². The molecule has 0 atom stereocenters. The number of hydrogen-bond donors (Lipinski definition) is 1. The third-order valence-electron chi connectivity index (χ3n) is 2.73. The number of hydrogen-bond acceptors (Lipinski definition) is 0. The molecule has 1 N–H and O–H groups in total. The molecule has 0 unspecified atom stereocenters. The van der Waals surface area contributed by atoms with Gasteiger partial charge in [-0.2, -0.15) is 0 Å². The Morgan fingerprint density at radius 1 is 1.00 bits per heavy atom. The smallest absolute Gasteiger partial charge is 0.0604 e. The van der Waals surface area contributed by atoms with Gasteiger partial charge in [-0.1, -0.05) is 41.9 Å². The summed E-state index contributed by atoms with van der Waals surface area (Å²) in [5.74, 6) is 0. The zero-order chi connectivity index (χ0) is 11.8. The Hall–Kier alpha value is -1.25. The minimum absolute atomic E-state index is 0.739. The predicted octanol–water partition coefficient (Wildman–Crippen LogP) is 5.25. The summed E-state index contributed by atoms with van der Waals surface area (Å²) < 4.78 is 0.988. The van der Waals surface area contributed by atoms with Crippen molar-refractivity contribution < 1.29 is 0 Å². The summed E-state index contributed by atoms with van der Waals surface area (Å²) in [5.41, 5.74) is 3.35. The summed E-state index contributed by atoms with van der Waals surface area (Å²) in [6, 6.07) is 16.2. The molecule has 0 aliphatic rings. The van der Waals surface area contributed by atoms with Gasteiger partial charge in [0.05, 0.1) is 5.52 Å². The molecule has 0 spiro atoms. The Balaban J connectivity index is 2.24. The van der Waals surface area contributed by atoms with Crippen molar-refractivity contribution >= 4 is 38.4 Å². The highest BCUT2D eigenvalue weighted by Crippen LogP contribution is 2.31. The third-order valence-corrected chi connectivity index (χ3v) is 3.57. The van der Waals surface area contributed by atoms with Crippen LogP contribution in [0, 0.1) is 0 Å². The van der Waals surface area contributed by atoms with E-state index in [1.807, 2.05) is 30.3 Å². The van der Waals surface area contributed by atoms with Crippen molar-refractivity contribution in [2.24, 2.45) is 0 Å². The van der Waals surface area contributed by atoms with Gasteiger partial charge in [-0.15, -0.1) is 0 Å². The molecule has 1 nitrogen and oxygen atoms in total. The first-order valence-electron chi connectivity index (χ1n) is 5.27. The maximum Gasteiger partial charge on any atom is 0.0604 e. The number of aromatic amines is 1. The van der Waals surface area contributed by atoms with Crippen LogP contribution in [-0.4, -0.2) is 4.98 Å². The summed E-state index contributed by atoms with van der Waals surface area (Å²) in [4.78, 5) is 3.40. The molecule has 84 valence electrons. The Bertz CT molecular complexity index is 673. The standard InChI is InChI=1S/C14H9BrClN/c15-12-8-11(16)6-10-7-13(17-14(10)12)9-4-2-1-3-5-9/h1-8,17H. The van der Waals surface area contributed by atoms with Crippen LogP contribution in [0.25, 0.3) is 22.2 Å². The third kappa shape index (κ3) is 1.99. The molecule has 0 aliphatic heterocycles. The van der Waals surface area contributed by atoms with Crippen molar-refractivity contribution in [2.45, 2.75) is 0 Å². The molecule has 0 amide bonds. The first kappa shape index (κ1) is 10.9. The van der Waals surface area contributed by atoms with Crippen LogP contribution in [0.1, 0.15) is 0 Å². The first-order valence-corrected chi connectivity index (χ1v) is 6.44. The molecule has 3 heteroatoms. The zero-order valence-electron chi connectivity index (χ0n) is 8.87. The molecule has 3 rings (SSSR count). The van der Waals surface area contributed by atoms with E-state index in [1.54, 1.807) is 0 Å². The second-order valence-electron chi connectivity index (χ2n) is 3.90. The van der Waals surface area contributed by atoms with Gasteiger partial charge < -0.3 is 4.98 Å². The van der Waals surface area contributed by atoms with Crippen LogP contribution in [0.4, 0.5) is 0 Å². The molecule has 0 saturated heterocycles. The van der Waals surface area contributed by atoms with Crippen molar-refractivity contribution in [3.8, 4) is 11.3 Å². The molecular weight excluding hydrogens is 298 g/mol. The summed E-state index contributed by atoms with van der Waals surface area (Å²) >= 11 is 9.55. The van der Waals surface area contributed by atoms with E-state index in [1.165, 1.54) is 5.56 Å². The lowest BCUT2D eigenvalue weighted by molar-refractivity contribution is 1.44. The van der Waals surface area contributed by atoms with E-state index in [4.69, 9.17) is 11.6 Å². The van der Waals surface area contributed by atoms with Gasteiger partial charge in [-0.25, -0.2) is 0 Å². The van der Waals surface area contributed by atoms with Gasteiger partial charge in [0, 0.05) is 20.6 Å². The summed E-state index contributed by atoms with van der Waals surface area (Å²) in [7, 11) is 0. The fraction of sp³-hybridized carbons (Fsp3) is 0. The highest BCUT2D eigenvalue weighted by molar-refractivity contribution is 9.10. The van der Waals surface area contributed by atoms with Gasteiger partial charge in [0.1, 0.15) is 0 Å². The van der Waals surface area contributed by atoms with Gasteiger partial charge in [-0.3, -0.25) is 0 Å². The highest BCUT2D eigenvalue weighted by atomic mass is 79.9. The number of rotatable bonds is 1. The summed E-state index contributed by atoms with van der Waals surface area (Å²) in [6.07, 6.45) is 0. The quantitative estimate of drug-likeness (QED) is 0.632. The van der Waals surface area contributed by atoms with E-state index in [2.05, 4.69) is 39.1 Å². The van der Waals surface area contributed by atoms with Crippen molar-refractivity contribution in [2.75, 3.05) is 0 Å². The van der Waals surface area contributed by atoms with Gasteiger partial charge in [0.25, 0.3) is 0 Å². The van der Waals surface area contributed by atoms with E-state index >= 15 is 0 Å². The molecular formula is C14H9BrClN. The molecule has 3 aromatic rings. The second-order valence-corrected chi connectivity index (χ2v) is 5.19. The Labute approximate surface area is 113 Å². The lowest BCUT2D eigenvalue weighted by atomic mass is 10.1. The number of H-pyrrole nitrogens is 1.